The molecule has 0 bridgehead atoms. The molecule has 0 saturated carbocycles. The molecule has 0 heterocycles. The number of carbonyl (C=O) groups is 1. The van der Waals surface area contributed by atoms with E-state index >= 15 is 4.39 Å². The summed E-state index contributed by atoms with van der Waals surface area (Å²) in [6, 6.07) is 9.15. The molecule has 0 saturated heterocycles. The molecule has 5 nitrogen and oxygen atoms in total. The molecular weight excluding hydrogens is 454 g/mol. The normalized spacial score (nSPS) is 11.0. The van der Waals surface area contributed by atoms with Gasteiger partial charge in [0.1, 0.15) is 29.1 Å². The lowest BCUT2D eigenvalue weighted by Gasteiger charge is -2.23. The maximum absolute atomic E-state index is 15.2. The Morgan fingerprint density at radius 2 is 1.64 bits per heavy atom. The van der Waals surface area contributed by atoms with Gasteiger partial charge in [0.2, 0.25) is 6.41 Å². The van der Waals surface area contributed by atoms with E-state index in [-0.39, 0.29) is 23.4 Å². The van der Waals surface area contributed by atoms with Crippen molar-refractivity contribution in [2.45, 2.75) is 13.3 Å². The summed E-state index contributed by atoms with van der Waals surface area (Å²) in [6.07, 6.45) is -5.21. The van der Waals surface area contributed by atoms with Crippen molar-refractivity contribution in [3.8, 4) is 23.3 Å². The Balaban J connectivity index is 2.21. The fraction of sp³-hybridized carbons (Fsp3) is 0.0909. The number of halogens is 6. The quantitative estimate of drug-likeness (QED) is 0.317. The van der Waals surface area contributed by atoms with Crippen LogP contribution in [0.15, 0.2) is 48.5 Å². The van der Waals surface area contributed by atoms with E-state index in [1.165, 1.54) is 19.1 Å². The van der Waals surface area contributed by atoms with Crippen LogP contribution in [0.5, 0.6) is 17.2 Å². The minimum atomic E-state index is -5.25. The van der Waals surface area contributed by atoms with Crippen molar-refractivity contribution >= 4 is 17.8 Å². The molecule has 11 heteroatoms. The Bertz CT molecular complexity index is 1250. The highest BCUT2D eigenvalue weighted by Gasteiger charge is 2.34. The number of hydrogen-bond donors (Lipinski definition) is 0. The van der Waals surface area contributed by atoms with Crippen LogP contribution in [0.25, 0.3) is 0 Å². The van der Waals surface area contributed by atoms with Crippen LogP contribution in [0.4, 0.5) is 37.7 Å². The van der Waals surface area contributed by atoms with Gasteiger partial charge in [-0.1, -0.05) is 0 Å². The van der Waals surface area contributed by atoms with Gasteiger partial charge in [0, 0.05) is 0 Å². The topological polar surface area (TPSA) is 62.6 Å². The number of nitriles is 1. The van der Waals surface area contributed by atoms with Crippen molar-refractivity contribution in [3.05, 3.63) is 77.1 Å². The number of nitrogens with zero attached hydrogens (tertiary/aromatic N) is 2. The lowest BCUT2D eigenvalue weighted by molar-refractivity contribution is -0.275. The van der Waals surface area contributed by atoms with Gasteiger partial charge < -0.3 is 9.47 Å². The van der Waals surface area contributed by atoms with Gasteiger partial charge >= 0.3 is 6.36 Å². The number of rotatable bonds is 6. The Morgan fingerprint density at radius 1 is 0.970 bits per heavy atom. The maximum atomic E-state index is 15.2. The molecule has 1 amide bonds. The minimum Gasteiger partial charge on any atom is -0.455 e. The van der Waals surface area contributed by atoms with Gasteiger partial charge in [-0.05, 0) is 61.0 Å². The number of hydrogen-bond acceptors (Lipinski definition) is 4. The summed E-state index contributed by atoms with van der Waals surface area (Å²) >= 11 is 0. The Kier molecular flexibility index (Phi) is 6.48. The fourth-order valence-electron chi connectivity index (χ4n) is 2.88. The van der Waals surface area contributed by atoms with Crippen LogP contribution in [0.3, 0.4) is 0 Å². The predicted molar refractivity (Wildman–Crippen MR) is 104 cm³/mol. The molecule has 0 atom stereocenters. The molecule has 0 aliphatic rings. The third-order valence-corrected chi connectivity index (χ3v) is 4.32. The smallest absolute Gasteiger partial charge is 0.455 e. The van der Waals surface area contributed by atoms with Crippen LogP contribution < -0.4 is 14.4 Å². The number of ether oxygens (including phenoxy) is 2. The molecule has 3 aromatic rings. The van der Waals surface area contributed by atoms with Crippen LogP contribution in [0, 0.1) is 35.7 Å². The van der Waals surface area contributed by atoms with E-state index < -0.39 is 46.6 Å². The highest BCUT2D eigenvalue weighted by atomic mass is 19.4. The Labute approximate surface area is 183 Å². The highest BCUT2D eigenvalue weighted by Crippen LogP contribution is 2.43. The van der Waals surface area contributed by atoms with Crippen molar-refractivity contribution in [2.75, 3.05) is 4.90 Å². The van der Waals surface area contributed by atoms with Gasteiger partial charge in [-0.3, -0.25) is 9.69 Å². The summed E-state index contributed by atoms with van der Waals surface area (Å²) in [5, 5.41) is 9.03. The minimum absolute atomic E-state index is 0.0178. The van der Waals surface area contributed by atoms with Crippen LogP contribution in [-0.4, -0.2) is 12.8 Å². The summed E-state index contributed by atoms with van der Waals surface area (Å²) in [5.74, 6) is -4.84. The standard InChI is InChI=1S/C22H12F6N2O3/c1-12-8-14(23)2-5-17(12)32-19-7-6-18(33-22(26,27)28)20(25)21(19)30(11-31)15-3-4-16(24)13(9-15)10-29/h2-9,11H,1H3. The van der Waals surface area contributed by atoms with Gasteiger partial charge in [-0.15, -0.1) is 13.2 Å². The third kappa shape index (κ3) is 5.17. The molecule has 3 rings (SSSR count). The number of alkyl halides is 3. The monoisotopic (exact) mass is 466 g/mol. The van der Waals surface area contributed by atoms with E-state index in [1.807, 2.05) is 0 Å². The van der Waals surface area contributed by atoms with Gasteiger partial charge in [-0.2, -0.15) is 5.26 Å². The fourth-order valence-corrected chi connectivity index (χ4v) is 2.88. The second-order valence-corrected chi connectivity index (χ2v) is 6.54. The highest BCUT2D eigenvalue weighted by molar-refractivity contribution is 5.90. The molecule has 0 spiro atoms. The molecule has 0 aromatic heterocycles. The molecule has 0 fully saturated rings. The molecule has 3 aromatic carbocycles. The van der Waals surface area contributed by atoms with Crippen LogP contribution >= 0.6 is 0 Å². The first-order valence-corrected chi connectivity index (χ1v) is 9.00. The number of anilines is 2. The van der Waals surface area contributed by atoms with Gasteiger partial charge in [0.05, 0.1) is 11.3 Å². The van der Waals surface area contributed by atoms with Gasteiger partial charge in [0.15, 0.2) is 17.3 Å². The predicted octanol–water partition coefficient (Wildman–Crippen LogP) is 6.27. The average molecular weight is 466 g/mol. The molecule has 0 aliphatic heterocycles. The summed E-state index contributed by atoms with van der Waals surface area (Å²) < 4.78 is 89.7. The number of carbonyl (C=O) groups excluding carboxylic acids is 1. The zero-order chi connectivity index (χ0) is 24.3. The van der Waals surface area contributed by atoms with Crippen LogP contribution in [0.2, 0.25) is 0 Å². The first-order chi connectivity index (χ1) is 15.5. The molecule has 33 heavy (non-hydrogen) atoms. The van der Waals surface area contributed by atoms with Crippen molar-refractivity contribution in [3.63, 3.8) is 0 Å². The molecule has 0 N–H and O–H groups in total. The molecule has 170 valence electrons. The van der Waals surface area contributed by atoms with Crippen LogP contribution in [0.1, 0.15) is 11.1 Å². The van der Waals surface area contributed by atoms with Crippen molar-refractivity contribution < 1.29 is 40.6 Å². The van der Waals surface area contributed by atoms with Gasteiger partial charge in [0.25, 0.3) is 0 Å². The zero-order valence-electron chi connectivity index (χ0n) is 16.6. The molecule has 0 radical (unpaired) electrons. The first-order valence-electron chi connectivity index (χ1n) is 9.00. The second kappa shape index (κ2) is 9.12. The zero-order valence-corrected chi connectivity index (χ0v) is 16.6. The maximum Gasteiger partial charge on any atom is 0.573 e. The lowest BCUT2D eigenvalue weighted by atomic mass is 10.1. The van der Waals surface area contributed by atoms with E-state index in [4.69, 9.17) is 10.00 Å². The number of amides is 1. The first kappa shape index (κ1) is 23.5. The van der Waals surface area contributed by atoms with Gasteiger partial charge in [-0.25, -0.2) is 13.2 Å². The molecule has 0 unspecified atom stereocenters. The average Bonchev–Trinajstić information content (AvgIpc) is 2.74. The molecular formula is C22H12F6N2O3. The van der Waals surface area contributed by atoms with E-state index in [0.717, 1.165) is 36.4 Å². The Morgan fingerprint density at radius 3 is 2.24 bits per heavy atom. The number of benzene rings is 3. The molecule has 0 aliphatic carbocycles. The summed E-state index contributed by atoms with van der Waals surface area (Å²) in [6.45, 7) is 1.46. The van der Waals surface area contributed by atoms with E-state index in [9.17, 15) is 26.7 Å². The lowest BCUT2D eigenvalue weighted by Crippen LogP contribution is -2.21. The van der Waals surface area contributed by atoms with Crippen LogP contribution in [-0.2, 0) is 4.79 Å². The summed E-state index contributed by atoms with van der Waals surface area (Å²) in [4.78, 5) is 12.4. The third-order valence-electron chi connectivity index (χ3n) is 4.32. The van der Waals surface area contributed by atoms with E-state index in [1.54, 1.807) is 0 Å². The van der Waals surface area contributed by atoms with Crippen molar-refractivity contribution in [2.24, 2.45) is 0 Å². The largest absolute Gasteiger partial charge is 0.573 e. The summed E-state index contributed by atoms with van der Waals surface area (Å²) in [5.41, 5.74) is -1.29. The van der Waals surface area contributed by atoms with E-state index in [2.05, 4.69) is 4.74 Å². The Hall–Kier alpha value is -4.20. The number of aryl methyl sites for hydroxylation is 1. The summed E-state index contributed by atoms with van der Waals surface area (Å²) in [7, 11) is 0. The van der Waals surface area contributed by atoms with Crippen molar-refractivity contribution in [1.29, 1.82) is 5.26 Å². The SMILES string of the molecule is Cc1cc(F)ccc1Oc1ccc(OC(F)(F)F)c(F)c1N(C=O)c1ccc(F)c(C#N)c1. The van der Waals surface area contributed by atoms with E-state index in [0.29, 0.717) is 11.0 Å². The second-order valence-electron chi connectivity index (χ2n) is 6.54. The van der Waals surface area contributed by atoms with Crippen molar-refractivity contribution in [1.82, 2.24) is 0 Å².